The fraction of sp³-hybridized carbons (Fsp3) is 0.267. The molecule has 2 aromatic rings. The van der Waals surface area contributed by atoms with Crippen molar-refractivity contribution in [3.8, 4) is 5.75 Å². The molecule has 0 bridgehead atoms. The highest BCUT2D eigenvalue weighted by molar-refractivity contribution is 9.10. The van der Waals surface area contributed by atoms with E-state index >= 15 is 0 Å². The lowest BCUT2D eigenvalue weighted by Crippen LogP contribution is -2.48. The third-order valence-corrected chi connectivity index (χ3v) is 3.49. The Labute approximate surface area is 147 Å². The summed E-state index contributed by atoms with van der Waals surface area (Å²) in [5, 5.41) is 6.67. The predicted molar refractivity (Wildman–Crippen MR) is 91.2 cm³/mol. The van der Waals surface area contributed by atoms with Gasteiger partial charge in [0.1, 0.15) is 5.75 Å². The molecule has 3 amide bonds. The number of aromatic nitrogens is 2. The number of urea groups is 1. The van der Waals surface area contributed by atoms with E-state index in [0.29, 0.717) is 18.7 Å². The number of amides is 3. The Morgan fingerprint density at radius 3 is 2.67 bits per heavy atom. The van der Waals surface area contributed by atoms with Gasteiger partial charge in [0.25, 0.3) is 5.91 Å². The number of nitrogens with one attached hydrogen (secondary N) is 3. The molecule has 0 radical (unpaired) electrons. The van der Waals surface area contributed by atoms with Crippen molar-refractivity contribution in [2.24, 2.45) is 7.05 Å². The maximum absolute atomic E-state index is 11.6. The smallest absolute Gasteiger partial charge is 0.333 e. The number of aryl methyl sites for hydroxylation is 1. The lowest BCUT2D eigenvalue weighted by molar-refractivity contribution is -0.123. The van der Waals surface area contributed by atoms with Crippen LogP contribution < -0.4 is 20.9 Å². The summed E-state index contributed by atoms with van der Waals surface area (Å²) in [6.45, 7) is 0.236. The predicted octanol–water partition coefficient (Wildman–Crippen LogP) is 1.13. The molecule has 8 nitrogen and oxygen atoms in total. The highest BCUT2D eigenvalue weighted by Gasteiger charge is 2.05. The minimum atomic E-state index is -0.490. The Morgan fingerprint density at radius 2 is 2.00 bits per heavy atom. The monoisotopic (exact) mass is 395 g/mol. The van der Waals surface area contributed by atoms with Crippen LogP contribution in [0.5, 0.6) is 5.75 Å². The lowest BCUT2D eigenvalue weighted by atomic mass is 10.2. The average Bonchev–Trinajstić information content (AvgIpc) is 2.98. The van der Waals surface area contributed by atoms with Gasteiger partial charge in [-0.15, -0.1) is 0 Å². The van der Waals surface area contributed by atoms with Crippen LogP contribution in [-0.2, 0) is 18.3 Å². The number of ether oxygens (including phenoxy) is 1. The summed E-state index contributed by atoms with van der Waals surface area (Å²) in [5.41, 5.74) is 5.54. The van der Waals surface area contributed by atoms with Gasteiger partial charge in [0.05, 0.1) is 6.20 Å². The SMILES string of the molecule is Cn1cc(CCNC(=O)NNC(=O)COc2ccc(Br)cc2)cn1. The molecule has 3 N–H and O–H groups in total. The van der Waals surface area contributed by atoms with Crippen molar-refractivity contribution in [3.05, 3.63) is 46.7 Å². The zero-order valence-corrected chi connectivity index (χ0v) is 14.7. The average molecular weight is 396 g/mol. The van der Waals surface area contributed by atoms with Crippen LogP contribution in [0, 0.1) is 0 Å². The van der Waals surface area contributed by atoms with Gasteiger partial charge < -0.3 is 10.1 Å². The zero-order chi connectivity index (χ0) is 17.4. The number of hydrogen-bond acceptors (Lipinski definition) is 4. The number of nitrogens with zero attached hydrogens (tertiary/aromatic N) is 2. The van der Waals surface area contributed by atoms with E-state index in [4.69, 9.17) is 4.74 Å². The second kappa shape index (κ2) is 8.92. The molecule has 9 heteroatoms. The molecule has 0 saturated heterocycles. The molecule has 1 heterocycles. The largest absolute Gasteiger partial charge is 0.484 e. The van der Waals surface area contributed by atoms with E-state index in [1.807, 2.05) is 13.2 Å². The summed E-state index contributed by atoms with van der Waals surface area (Å²) in [6, 6.07) is 6.59. The molecule has 0 unspecified atom stereocenters. The second-order valence-corrected chi connectivity index (χ2v) is 5.86. The summed E-state index contributed by atoms with van der Waals surface area (Å²) >= 11 is 3.31. The van der Waals surface area contributed by atoms with Crippen LogP contribution in [0.4, 0.5) is 4.79 Å². The minimum absolute atomic E-state index is 0.197. The first kappa shape index (κ1) is 17.8. The molecular weight excluding hydrogens is 378 g/mol. The van der Waals surface area contributed by atoms with Crippen molar-refractivity contribution in [3.63, 3.8) is 0 Å². The molecule has 0 spiro atoms. The summed E-state index contributed by atoms with van der Waals surface area (Å²) in [5.74, 6) is 0.106. The summed E-state index contributed by atoms with van der Waals surface area (Å²) in [4.78, 5) is 23.1. The van der Waals surface area contributed by atoms with Crippen LogP contribution in [0.3, 0.4) is 0 Å². The molecule has 1 aromatic carbocycles. The first-order valence-corrected chi connectivity index (χ1v) is 8.01. The zero-order valence-electron chi connectivity index (χ0n) is 13.1. The second-order valence-electron chi connectivity index (χ2n) is 4.94. The normalized spacial score (nSPS) is 10.1. The third kappa shape index (κ3) is 6.29. The van der Waals surface area contributed by atoms with Crippen LogP contribution in [0.25, 0.3) is 0 Å². The van der Waals surface area contributed by atoms with E-state index in [2.05, 4.69) is 37.2 Å². The number of carbonyl (C=O) groups excluding carboxylic acids is 2. The van der Waals surface area contributed by atoms with Gasteiger partial charge in [-0.25, -0.2) is 10.2 Å². The van der Waals surface area contributed by atoms with E-state index in [-0.39, 0.29) is 6.61 Å². The highest BCUT2D eigenvalue weighted by Crippen LogP contribution is 2.15. The number of rotatable bonds is 6. The molecule has 1 aromatic heterocycles. The number of hydrogen-bond donors (Lipinski definition) is 3. The van der Waals surface area contributed by atoms with Crippen LogP contribution >= 0.6 is 15.9 Å². The minimum Gasteiger partial charge on any atom is -0.484 e. The highest BCUT2D eigenvalue weighted by atomic mass is 79.9. The van der Waals surface area contributed by atoms with Crippen LogP contribution in [0.1, 0.15) is 5.56 Å². The maximum atomic E-state index is 11.6. The molecule has 2 rings (SSSR count). The van der Waals surface area contributed by atoms with E-state index in [1.165, 1.54) is 0 Å². The molecule has 0 fully saturated rings. The van der Waals surface area contributed by atoms with E-state index < -0.39 is 11.9 Å². The quantitative estimate of drug-likeness (QED) is 0.638. The Morgan fingerprint density at radius 1 is 1.25 bits per heavy atom. The Hall–Kier alpha value is -2.55. The fourth-order valence-electron chi connectivity index (χ4n) is 1.81. The standard InChI is InChI=1S/C15H18BrN5O3/c1-21-9-11(8-18-21)6-7-17-15(23)20-19-14(22)10-24-13-4-2-12(16)3-5-13/h2-5,8-9H,6-7,10H2,1H3,(H,19,22)(H2,17,20,23). The lowest BCUT2D eigenvalue weighted by Gasteiger charge is -2.09. The van der Waals surface area contributed by atoms with Crippen molar-refractivity contribution in [1.29, 1.82) is 0 Å². The number of hydrazine groups is 1. The Bertz CT molecular complexity index is 687. The number of halogens is 1. The molecular formula is C15H18BrN5O3. The molecule has 0 aliphatic carbocycles. The van der Waals surface area contributed by atoms with E-state index in [9.17, 15) is 9.59 Å². The summed E-state index contributed by atoms with van der Waals surface area (Å²) in [6.07, 6.45) is 4.27. The van der Waals surface area contributed by atoms with Crippen LogP contribution in [0.15, 0.2) is 41.1 Å². The van der Waals surface area contributed by atoms with Gasteiger partial charge in [0, 0.05) is 24.3 Å². The van der Waals surface area contributed by atoms with Gasteiger partial charge >= 0.3 is 6.03 Å². The van der Waals surface area contributed by atoms with Crippen molar-refractivity contribution in [1.82, 2.24) is 25.9 Å². The van der Waals surface area contributed by atoms with Crippen LogP contribution in [-0.4, -0.2) is 34.9 Å². The van der Waals surface area contributed by atoms with Crippen molar-refractivity contribution >= 4 is 27.9 Å². The molecule has 0 aliphatic rings. The van der Waals surface area contributed by atoms with Crippen molar-refractivity contribution in [2.45, 2.75) is 6.42 Å². The third-order valence-electron chi connectivity index (χ3n) is 2.96. The number of benzene rings is 1. The summed E-state index contributed by atoms with van der Waals surface area (Å²) < 4.78 is 7.90. The first-order valence-electron chi connectivity index (χ1n) is 7.21. The molecule has 0 saturated carbocycles. The van der Waals surface area contributed by atoms with Gasteiger partial charge in [-0.2, -0.15) is 5.10 Å². The van der Waals surface area contributed by atoms with Gasteiger partial charge in [-0.05, 0) is 36.2 Å². The van der Waals surface area contributed by atoms with Gasteiger partial charge in [-0.3, -0.25) is 14.9 Å². The Kier molecular flexibility index (Phi) is 6.62. The molecule has 24 heavy (non-hydrogen) atoms. The van der Waals surface area contributed by atoms with E-state index in [0.717, 1.165) is 10.0 Å². The van der Waals surface area contributed by atoms with E-state index in [1.54, 1.807) is 35.1 Å². The first-order chi connectivity index (χ1) is 11.5. The fourth-order valence-corrected chi connectivity index (χ4v) is 2.07. The van der Waals surface area contributed by atoms with Gasteiger partial charge in [-0.1, -0.05) is 15.9 Å². The summed E-state index contributed by atoms with van der Waals surface area (Å²) in [7, 11) is 1.83. The van der Waals surface area contributed by atoms with Gasteiger partial charge in [0.2, 0.25) is 0 Å². The maximum Gasteiger partial charge on any atom is 0.333 e. The molecule has 0 aliphatic heterocycles. The number of carbonyl (C=O) groups is 2. The molecule has 0 atom stereocenters. The van der Waals surface area contributed by atoms with Crippen LogP contribution in [0.2, 0.25) is 0 Å². The van der Waals surface area contributed by atoms with Crippen molar-refractivity contribution < 1.29 is 14.3 Å². The van der Waals surface area contributed by atoms with Crippen molar-refractivity contribution in [2.75, 3.05) is 13.2 Å². The van der Waals surface area contributed by atoms with Gasteiger partial charge in [0.15, 0.2) is 6.61 Å². The molecule has 128 valence electrons. The Balaban J connectivity index is 1.58. The topological polar surface area (TPSA) is 97.3 Å².